The molecule has 0 atom stereocenters. The van der Waals surface area contributed by atoms with Crippen molar-refractivity contribution in [3.8, 4) is 0 Å². The van der Waals surface area contributed by atoms with E-state index in [1.54, 1.807) is 39.0 Å². The van der Waals surface area contributed by atoms with Crippen molar-refractivity contribution in [3.63, 3.8) is 0 Å². The van der Waals surface area contributed by atoms with E-state index in [1.807, 2.05) is 6.07 Å². The molecule has 0 spiro atoms. The summed E-state index contributed by atoms with van der Waals surface area (Å²) in [5.74, 6) is -0.875. The smallest absolute Gasteiger partial charge is 0.358 e. The number of hydrogen-bond acceptors (Lipinski definition) is 4. The van der Waals surface area contributed by atoms with Gasteiger partial charge in [-0.25, -0.2) is 4.79 Å². The summed E-state index contributed by atoms with van der Waals surface area (Å²) in [7, 11) is 0. The lowest BCUT2D eigenvalue weighted by Gasteiger charge is -2.20. The quantitative estimate of drug-likeness (QED) is 0.811. The van der Waals surface area contributed by atoms with Crippen LogP contribution in [-0.4, -0.2) is 22.0 Å². The Kier molecular flexibility index (Phi) is 3.29. The molecule has 0 bridgehead atoms. The summed E-state index contributed by atoms with van der Waals surface area (Å²) in [6.45, 7) is 6.69. The minimum atomic E-state index is -0.651. The van der Waals surface area contributed by atoms with Crippen molar-refractivity contribution in [2.24, 2.45) is 0 Å². The van der Waals surface area contributed by atoms with Gasteiger partial charge in [0.05, 0.1) is 11.2 Å². The molecule has 5 heteroatoms. The molecule has 1 aromatic carbocycles. The van der Waals surface area contributed by atoms with Gasteiger partial charge in [-0.2, -0.15) is 0 Å². The number of ether oxygens (including phenoxy) is 1. The van der Waals surface area contributed by atoms with Crippen molar-refractivity contribution < 1.29 is 14.3 Å². The summed E-state index contributed by atoms with van der Waals surface area (Å²) >= 11 is 0. The first-order valence-electron chi connectivity index (χ1n) is 6.35. The van der Waals surface area contributed by atoms with Crippen LogP contribution in [0.25, 0.3) is 10.9 Å². The van der Waals surface area contributed by atoms with Crippen molar-refractivity contribution in [1.29, 1.82) is 0 Å². The standard InChI is InChI=1S/C15H18N2O3/c1-9(18)17-11-8-6-5-7-10(11)12(16)13(17)14(19)20-15(2,3)4/h5-8H,16H2,1-4H3. The number of carbonyl (C=O) groups is 2. The van der Waals surface area contributed by atoms with Crippen LogP contribution >= 0.6 is 0 Å². The lowest BCUT2D eigenvalue weighted by molar-refractivity contribution is 0.00591. The van der Waals surface area contributed by atoms with E-state index in [4.69, 9.17) is 10.5 Å². The fourth-order valence-electron chi connectivity index (χ4n) is 2.12. The summed E-state index contributed by atoms with van der Waals surface area (Å²) in [5, 5.41) is 0.670. The number of nitrogens with two attached hydrogens (primary N) is 1. The van der Waals surface area contributed by atoms with Crippen LogP contribution in [0, 0.1) is 0 Å². The van der Waals surface area contributed by atoms with E-state index in [9.17, 15) is 9.59 Å². The molecule has 0 unspecified atom stereocenters. The summed E-state index contributed by atoms with van der Waals surface area (Å²) in [6.07, 6.45) is 0. The molecule has 2 N–H and O–H groups in total. The average molecular weight is 274 g/mol. The van der Waals surface area contributed by atoms with Crippen LogP contribution in [-0.2, 0) is 4.74 Å². The fraction of sp³-hybridized carbons (Fsp3) is 0.333. The predicted molar refractivity (Wildman–Crippen MR) is 77.8 cm³/mol. The Morgan fingerprint density at radius 1 is 1.20 bits per heavy atom. The molecular weight excluding hydrogens is 256 g/mol. The number of aromatic nitrogens is 1. The Balaban J connectivity index is 2.69. The van der Waals surface area contributed by atoms with Crippen molar-refractivity contribution in [2.75, 3.05) is 5.73 Å². The van der Waals surface area contributed by atoms with Gasteiger partial charge in [-0.3, -0.25) is 9.36 Å². The van der Waals surface area contributed by atoms with E-state index in [1.165, 1.54) is 11.5 Å². The second kappa shape index (κ2) is 4.67. The van der Waals surface area contributed by atoms with E-state index >= 15 is 0 Å². The third-order valence-corrected chi connectivity index (χ3v) is 2.82. The normalized spacial score (nSPS) is 11.6. The molecule has 0 fully saturated rings. The summed E-state index contributed by atoms with van der Waals surface area (Å²) in [6, 6.07) is 7.13. The molecule has 20 heavy (non-hydrogen) atoms. The maximum atomic E-state index is 12.3. The van der Waals surface area contributed by atoms with Crippen molar-refractivity contribution in [2.45, 2.75) is 33.3 Å². The van der Waals surface area contributed by atoms with E-state index < -0.39 is 11.6 Å². The number of nitrogen functional groups attached to an aromatic ring is 1. The maximum absolute atomic E-state index is 12.3. The Hall–Kier alpha value is -2.30. The average Bonchev–Trinajstić information content (AvgIpc) is 2.61. The van der Waals surface area contributed by atoms with Crippen LogP contribution in [0.3, 0.4) is 0 Å². The van der Waals surface area contributed by atoms with Crippen molar-refractivity contribution >= 4 is 28.5 Å². The van der Waals surface area contributed by atoms with Crippen molar-refractivity contribution in [1.82, 2.24) is 4.57 Å². The van der Waals surface area contributed by atoms with Crippen LogP contribution in [0.5, 0.6) is 0 Å². The summed E-state index contributed by atoms with van der Waals surface area (Å²) in [4.78, 5) is 24.2. The number of anilines is 1. The second-order valence-electron chi connectivity index (χ2n) is 5.64. The Morgan fingerprint density at radius 2 is 1.80 bits per heavy atom. The molecular formula is C15H18N2O3. The predicted octanol–water partition coefficient (Wildman–Crippen LogP) is 2.84. The van der Waals surface area contributed by atoms with Crippen LogP contribution in [0.4, 0.5) is 5.69 Å². The molecule has 106 valence electrons. The molecule has 2 aromatic rings. The van der Waals surface area contributed by atoms with E-state index in [2.05, 4.69) is 0 Å². The summed E-state index contributed by atoms with van der Waals surface area (Å²) < 4.78 is 6.64. The number of benzene rings is 1. The molecule has 0 saturated heterocycles. The highest BCUT2D eigenvalue weighted by molar-refractivity contribution is 6.10. The highest BCUT2D eigenvalue weighted by Gasteiger charge is 2.27. The lowest BCUT2D eigenvalue weighted by atomic mass is 10.2. The highest BCUT2D eigenvalue weighted by Crippen LogP contribution is 2.29. The topological polar surface area (TPSA) is 74.3 Å². The first-order chi connectivity index (χ1) is 9.22. The van der Waals surface area contributed by atoms with E-state index in [0.717, 1.165) is 0 Å². The van der Waals surface area contributed by atoms with Gasteiger partial charge in [0.15, 0.2) is 5.69 Å². The van der Waals surface area contributed by atoms with Gasteiger partial charge in [0.2, 0.25) is 5.91 Å². The highest BCUT2D eigenvalue weighted by atomic mass is 16.6. The SMILES string of the molecule is CC(=O)n1c(C(=O)OC(C)(C)C)c(N)c2ccccc21. The van der Waals surface area contributed by atoms with Crippen LogP contribution < -0.4 is 5.73 Å². The van der Waals surface area contributed by atoms with Crippen LogP contribution in [0.2, 0.25) is 0 Å². The van der Waals surface area contributed by atoms with Gasteiger partial charge in [-0.1, -0.05) is 18.2 Å². The minimum absolute atomic E-state index is 0.0913. The van der Waals surface area contributed by atoms with Gasteiger partial charge >= 0.3 is 5.97 Å². The maximum Gasteiger partial charge on any atom is 0.358 e. The number of esters is 1. The van der Waals surface area contributed by atoms with E-state index in [0.29, 0.717) is 10.9 Å². The Bertz CT molecular complexity index is 693. The van der Waals surface area contributed by atoms with Gasteiger partial charge in [-0.05, 0) is 26.8 Å². The zero-order valence-electron chi connectivity index (χ0n) is 12.1. The monoisotopic (exact) mass is 274 g/mol. The number of hydrogen-bond donors (Lipinski definition) is 1. The zero-order valence-corrected chi connectivity index (χ0v) is 12.1. The Morgan fingerprint density at radius 3 is 2.35 bits per heavy atom. The summed E-state index contributed by atoms with van der Waals surface area (Å²) in [5.41, 5.74) is 6.34. The molecule has 0 saturated carbocycles. The number of carbonyl (C=O) groups excluding carboxylic acids is 2. The number of rotatable bonds is 1. The van der Waals surface area contributed by atoms with Crippen molar-refractivity contribution in [3.05, 3.63) is 30.0 Å². The molecule has 1 aromatic heterocycles. The molecule has 5 nitrogen and oxygen atoms in total. The largest absolute Gasteiger partial charge is 0.455 e. The van der Waals surface area contributed by atoms with Gasteiger partial charge in [-0.15, -0.1) is 0 Å². The molecule has 0 aliphatic rings. The molecule has 0 radical (unpaired) electrons. The van der Waals surface area contributed by atoms with Crippen LogP contribution in [0.15, 0.2) is 24.3 Å². The number of para-hydroxylation sites is 1. The minimum Gasteiger partial charge on any atom is -0.455 e. The first kappa shape index (κ1) is 14.1. The molecule has 1 heterocycles. The van der Waals surface area contributed by atoms with Gasteiger partial charge in [0, 0.05) is 12.3 Å². The molecule has 0 amide bonds. The molecule has 2 rings (SSSR count). The van der Waals surface area contributed by atoms with Gasteiger partial charge < -0.3 is 10.5 Å². The fourth-order valence-corrected chi connectivity index (χ4v) is 2.12. The molecule has 0 aliphatic heterocycles. The third kappa shape index (κ3) is 2.39. The second-order valence-corrected chi connectivity index (χ2v) is 5.64. The first-order valence-corrected chi connectivity index (χ1v) is 6.35. The van der Waals surface area contributed by atoms with Crippen LogP contribution in [0.1, 0.15) is 43.0 Å². The molecule has 0 aliphatic carbocycles. The lowest BCUT2D eigenvalue weighted by Crippen LogP contribution is -2.27. The number of fused-ring (bicyclic) bond motifs is 1. The van der Waals surface area contributed by atoms with Gasteiger partial charge in [0.1, 0.15) is 5.60 Å². The third-order valence-electron chi connectivity index (χ3n) is 2.82. The number of nitrogens with zero attached hydrogens (tertiary/aromatic N) is 1. The van der Waals surface area contributed by atoms with Gasteiger partial charge in [0.25, 0.3) is 0 Å². The van der Waals surface area contributed by atoms with E-state index in [-0.39, 0.29) is 17.3 Å². The Labute approximate surface area is 117 Å². The zero-order chi connectivity index (χ0) is 15.1.